The van der Waals surface area contributed by atoms with Gasteiger partial charge in [-0.3, -0.25) is 0 Å². The van der Waals surface area contributed by atoms with E-state index in [1.54, 1.807) is 0 Å². The summed E-state index contributed by atoms with van der Waals surface area (Å²) in [5.41, 5.74) is 0.226. The summed E-state index contributed by atoms with van der Waals surface area (Å²) in [5.74, 6) is -0.367. The maximum absolute atomic E-state index is 10.3. The molecule has 13 heavy (non-hydrogen) atoms. The number of hydrogen-bond acceptors (Lipinski definition) is 2. The molecule has 2 heteroatoms. The molecule has 0 N–H and O–H groups in total. The molecule has 0 radical (unpaired) electrons. The highest BCUT2D eigenvalue weighted by Crippen LogP contribution is 2.11. The summed E-state index contributed by atoms with van der Waals surface area (Å²) in [5, 5.41) is 10.3. The van der Waals surface area contributed by atoms with Gasteiger partial charge in [0.15, 0.2) is 0 Å². The van der Waals surface area contributed by atoms with Gasteiger partial charge in [-0.2, -0.15) is 0 Å². The summed E-state index contributed by atoms with van der Waals surface area (Å²) in [7, 11) is 0. The van der Waals surface area contributed by atoms with Gasteiger partial charge in [0.1, 0.15) is 0 Å². The molecular formula is C11H19O2-. The Bertz CT molecular complexity index is 171. The largest absolute Gasteiger partial charge is 0.545 e. The molecule has 0 aliphatic carbocycles. The molecule has 2 nitrogen and oxygen atoms in total. The molecule has 0 aliphatic rings. The first-order chi connectivity index (χ1) is 6.04. The van der Waals surface area contributed by atoms with Crippen molar-refractivity contribution < 1.29 is 9.90 Å². The lowest BCUT2D eigenvalue weighted by molar-refractivity contribution is -0.299. The van der Waals surface area contributed by atoms with Crippen LogP contribution in [0.25, 0.3) is 0 Å². The number of carboxylic acid groups (broad SMARTS) is 1. The van der Waals surface area contributed by atoms with Gasteiger partial charge in [0.05, 0.1) is 5.97 Å². The maximum Gasteiger partial charge on any atom is 0.0668 e. The van der Waals surface area contributed by atoms with Crippen LogP contribution in [-0.2, 0) is 4.79 Å². The number of rotatable bonds is 7. The molecule has 0 bridgehead atoms. The van der Waals surface area contributed by atoms with Gasteiger partial charge in [0.2, 0.25) is 0 Å². The van der Waals surface area contributed by atoms with E-state index in [1.807, 2.05) is 0 Å². The van der Waals surface area contributed by atoms with Crippen molar-refractivity contribution in [2.45, 2.75) is 46.0 Å². The van der Waals surface area contributed by atoms with Crippen LogP contribution in [0, 0.1) is 5.92 Å². The van der Waals surface area contributed by atoms with E-state index in [-0.39, 0.29) is 5.57 Å². The Labute approximate surface area is 80.7 Å². The van der Waals surface area contributed by atoms with Gasteiger partial charge in [-0.25, -0.2) is 0 Å². The minimum Gasteiger partial charge on any atom is -0.545 e. The van der Waals surface area contributed by atoms with Gasteiger partial charge in [-0.05, 0) is 24.3 Å². The predicted molar refractivity (Wildman–Crippen MR) is 52.1 cm³/mol. The van der Waals surface area contributed by atoms with Crippen molar-refractivity contribution in [2.24, 2.45) is 5.92 Å². The van der Waals surface area contributed by atoms with Crippen LogP contribution >= 0.6 is 0 Å². The zero-order chi connectivity index (χ0) is 10.3. The van der Waals surface area contributed by atoms with Crippen molar-refractivity contribution in [2.75, 3.05) is 0 Å². The average molecular weight is 183 g/mol. The molecular weight excluding hydrogens is 164 g/mol. The number of hydrogen-bond donors (Lipinski definition) is 0. The van der Waals surface area contributed by atoms with Crippen LogP contribution in [0.4, 0.5) is 0 Å². The van der Waals surface area contributed by atoms with E-state index in [2.05, 4.69) is 20.4 Å². The summed E-state index contributed by atoms with van der Waals surface area (Å²) in [6.07, 6.45) is 4.97. The molecule has 0 atom stereocenters. The Morgan fingerprint density at radius 1 is 1.31 bits per heavy atom. The second-order valence-electron chi connectivity index (χ2n) is 3.88. The van der Waals surface area contributed by atoms with Gasteiger partial charge in [0, 0.05) is 0 Å². The van der Waals surface area contributed by atoms with Crippen LogP contribution in [0.3, 0.4) is 0 Å². The summed E-state index contributed by atoms with van der Waals surface area (Å²) in [6, 6.07) is 0. The number of unbranched alkanes of at least 4 members (excludes halogenated alkanes) is 2. The minimum absolute atomic E-state index is 0.226. The Kier molecular flexibility index (Phi) is 6.29. The third-order valence-electron chi connectivity index (χ3n) is 2.05. The monoisotopic (exact) mass is 183 g/mol. The van der Waals surface area contributed by atoms with Gasteiger partial charge < -0.3 is 9.90 Å². The van der Waals surface area contributed by atoms with Gasteiger partial charge in [-0.1, -0.05) is 39.7 Å². The third-order valence-corrected chi connectivity index (χ3v) is 2.05. The molecule has 0 aromatic carbocycles. The van der Waals surface area contributed by atoms with Crippen molar-refractivity contribution in [1.29, 1.82) is 0 Å². The Morgan fingerprint density at radius 2 is 1.92 bits per heavy atom. The Hall–Kier alpha value is -0.790. The quantitative estimate of drug-likeness (QED) is 0.446. The number of aliphatic carboxylic acids is 1. The number of carboxylic acids is 1. The highest BCUT2D eigenvalue weighted by atomic mass is 16.4. The molecule has 0 aromatic heterocycles. The first kappa shape index (κ1) is 12.2. The first-order valence-corrected chi connectivity index (χ1v) is 4.93. The fraction of sp³-hybridized carbons (Fsp3) is 0.727. The second kappa shape index (κ2) is 6.70. The number of carbonyl (C=O) groups excluding carboxylic acids is 1. The van der Waals surface area contributed by atoms with E-state index < -0.39 is 5.97 Å². The van der Waals surface area contributed by atoms with E-state index in [1.165, 1.54) is 12.8 Å². The highest BCUT2D eigenvalue weighted by Gasteiger charge is 1.97. The Morgan fingerprint density at radius 3 is 2.38 bits per heavy atom. The molecule has 0 saturated carbocycles. The minimum atomic E-state index is -1.11. The van der Waals surface area contributed by atoms with Crippen LogP contribution in [0.2, 0.25) is 0 Å². The molecule has 0 aromatic rings. The van der Waals surface area contributed by atoms with Gasteiger partial charge in [-0.15, -0.1) is 0 Å². The zero-order valence-electron chi connectivity index (χ0n) is 8.64. The summed E-state index contributed by atoms with van der Waals surface area (Å²) >= 11 is 0. The van der Waals surface area contributed by atoms with Gasteiger partial charge >= 0.3 is 0 Å². The second-order valence-corrected chi connectivity index (χ2v) is 3.88. The molecule has 76 valence electrons. The van der Waals surface area contributed by atoms with Crippen molar-refractivity contribution >= 4 is 5.97 Å². The van der Waals surface area contributed by atoms with Crippen LogP contribution in [0.5, 0.6) is 0 Å². The molecule has 0 spiro atoms. The molecule has 0 rings (SSSR count). The summed E-state index contributed by atoms with van der Waals surface area (Å²) in [4.78, 5) is 10.3. The normalized spacial score (nSPS) is 10.4. The van der Waals surface area contributed by atoms with Crippen LogP contribution in [0.1, 0.15) is 46.0 Å². The van der Waals surface area contributed by atoms with E-state index in [4.69, 9.17) is 0 Å². The topological polar surface area (TPSA) is 40.1 Å². The van der Waals surface area contributed by atoms with E-state index in [0.717, 1.165) is 18.8 Å². The first-order valence-electron chi connectivity index (χ1n) is 4.93. The lowest BCUT2D eigenvalue weighted by Gasteiger charge is -2.06. The van der Waals surface area contributed by atoms with Crippen molar-refractivity contribution in [1.82, 2.24) is 0 Å². The van der Waals surface area contributed by atoms with Crippen LogP contribution in [0.15, 0.2) is 12.2 Å². The lowest BCUT2D eigenvalue weighted by Crippen LogP contribution is -2.23. The molecule has 0 aliphatic heterocycles. The van der Waals surface area contributed by atoms with Crippen LogP contribution in [-0.4, -0.2) is 5.97 Å². The van der Waals surface area contributed by atoms with Crippen LogP contribution < -0.4 is 5.11 Å². The van der Waals surface area contributed by atoms with E-state index in [9.17, 15) is 9.90 Å². The highest BCUT2D eigenvalue weighted by molar-refractivity contribution is 5.83. The number of carbonyl (C=O) groups is 1. The third kappa shape index (κ3) is 7.57. The fourth-order valence-corrected chi connectivity index (χ4v) is 1.17. The van der Waals surface area contributed by atoms with E-state index >= 15 is 0 Å². The SMILES string of the molecule is C=C(CCCCCC(C)C)C(=O)[O-]. The summed E-state index contributed by atoms with van der Waals surface area (Å²) in [6.45, 7) is 7.81. The summed E-state index contributed by atoms with van der Waals surface area (Å²) < 4.78 is 0. The van der Waals surface area contributed by atoms with E-state index in [0.29, 0.717) is 6.42 Å². The average Bonchev–Trinajstić information content (AvgIpc) is 2.02. The standard InChI is InChI=1S/C11H20O2/c1-9(2)7-5-4-6-8-10(3)11(12)13/h9H,3-8H2,1-2H3,(H,12,13)/p-1. The Balaban J connectivity index is 3.26. The maximum atomic E-state index is 10.3. The predicted octanol–water partition coefficient (Wildman–Crippen LogP) is 1.90. The van der Waals surface area contributed by atoms with Gasteiger partial charge in [0.25, 0.3) is 0 Å². The fourth-order valence-electron chi connectivity index (χ4n) is 1.17. The lowest BCUT2D eigenvalue weighted by atomic mass is 10.0. The smallest absolute Gasteiger partial charge is 0.0668 e. The van der Waals surface area contributed by atoms with Crippen molar-refractivity contribution in [3.8, 4) is 0 Å². The van der Waals surface area contributed by atoms with Crippen molar-refractivity contribution in [3.63, 3.8) is 0 Å². The molecule has 0 heterocycles. The molecule has 0 saturated heterocycles. The molecule has 0 amide bonds. The van der Waals surface area contributed by atoms with Crippen molar-refractivity contribution in [3.05, 3.63) is 12.2 Å². The molecule has 0 fully saturated rings. The molecule has 0 unspecified atom stereocenters. The zero-order valence-corrected chi connectivity index (χ0v) is 8.64.